The molecule has 0 saturated heterocycles. The maximum absolute atomic E-state index is 11.7. The van der Waals surface area contributed by atoms with Crippen LogP contribution in [0.25, 0.3) is 60.0 Å². The van der Waals surface area contributed by atoms with Crippen LogP contribution in [0.4, 0.5) is 0 Å². The zero-order valence-electron chi connectivity index (χ0n) is 29.9. The summed E-state index contributed by atoms with van der Waals surface area (Å²) in [6, 6.07) is 21.0. The monoisotopic (exact) mass is 832 g/mol. The second-order valence-corrected chi connectivity index (χ2v) is 14.4. The molecule has 0 atom stereocenters. The number of carbonyl (C=O) groups is 1. The molecule has 0 amide bonds. The van der Waals surface area contributed by atoms with E-state index >= 15 is 0 Å². The molecule has 7 heteroatoms. The van der Waals surface area contributed by atoms with Crippen molar-refractivity contribution in [2.24, 2.45) is 17.3 Å². The normalized spacial score (nSPS) is 12.6. The number of aryl methyl sites for hydroxylation is 1. The quantitative estimate of drug-likeness (QED) is 0.0542. The zero-order valence-corrected chi connectivity index (χ0v) is 32.3. The fraction of sp³-hybridized carbons (Fsp3) is 0.381. The predicted octanol–water partition coefficient (Wildman–Crippen LogP) is 10.9. The van der Waals surface area contributed by atoms with Crippen LogP contribution in [0.15, 0.2) is 66.7 Å². The van der Waals surface area contributed by atoms with E-state index in [1.54, 1.807) is 6.33 Å². The van der Waals surface area contributed by atoms with Gasteiger partial charge in [0.2, 0.25) is 0 Å². The third-order valence-corrected chi connectivity index (χ3v) is 9.75. The second kappa shape index (κ2) is 14.5. The molecule has 7 aromatic rings. The summed E-state index contributed by atoms with van der Waals surface area (Å²) in [4.78, 5) is 26.0. The van der Waals surface area contributed by atoms with Gasteiger partial charge in [-0.05, 0) is 73.2 Å². The minimum Gasteiger partial charge on any atom is -0.512 e. The van der Waals surface area contributed by atoms with Crippen molar-refractivity contribution in [2.45, 2.75) is 87.5 Å². The molecule has 257 valence electrons. The largest absolute Gasteiger partial charge is 0.512 e. The standard InChI is InChI=1S/C29H23N4.C13H24O2.Ir/c1-16-9-10-17-11-20-24(13-21(17)32-16)33-23-8-6-5-7-19(23)25-18(14-29(2,3)4)12-22-26(28(25)33)27(20)31-15-30-22;1-5-10(6-2)12(14)9-13(15)11(7-3)8-4;/h5-10,12-13,15H,14H2,1-4H3;9-11,14H,5-8H2,1-4H3;/q-1;;/b;12-9-;. The van der Waals surface area contributed by atoms with Crippen LogP contribution < -0.4 is 0 Å². The van der Waals surface area contributed by atoms with Crippen LogP contribution in [0, 0.1) is 30.2 Å². The molecule has 0 saturated carbocycles. The van der Waals surface area contributed by atoms with Crippen molar-refractivity contribution in [3.63, 3.8) is 0 Å². The van der Waals surface area contributed by atoms with Crippen molar-refractivity contribution in [1.29, 1.82) is 0 Å². The van der Waals surface area contributed by atoms with E-state index in [-0.39, 0.29) is 48.9 Å². The Morgan fingerprint density at radius 2 is 1.59 bits per heavy atom. The number of hydrogen-bond donors (Lipinski definition) is 1. The molecule has 0 fully saturated rings. The van der Waals surface area contributed by atoms with E-state index in [1.165, 1.54) is 33.4 Å². The second-order valence-electron chi connectivity index (χ2n) is 14.4. The summed E-state index contributed by atoms with van der Waals surface area (Å²) in [7, 11) is 0. The van der Waals surface area contributed by atoms with Crippen molar-refractivity contribution in [1.82, 2.24) is 19.4 Å². The SMILES string of the molecule is CCC(CC)C(=O)/C=C(\O)C(CC)CC.Cc1ccc2[c-]c3c4ncnc5cc(CC(C)(C)C)c6c7ccccc7n(c3cc2n1)c6c54.[Ir]. The number of nitrogens with zero attached hydrogens (tertiary/aromatic N) is 4. The smallest absolute Gasteiger partial charge is 0.162 e. The summed E-state index contributed by atoms with van der Waals surface area (Å²) < 4.78 is 2.39. The molecule has 7 rings (SSSR count). The minimum atomic E-state index is 0. The maximum atomic E-state index is 11.7. The van der Waals surface area contributed by atoms with Crippen LogP contribution in [-0.4, -0.2) is 30.2 Å². The van der Waals surface area contributed by atoms with Crippen LogP contribution in [0.3, 0.4) is 0 Å². The molecule has 4 heterocycles. The van der Waals surface area contributed by atoms with Crippen molar-refractivity contribution in [3.05, 3.63) is 84.0 Å². The minimum absolute atomic E-state index is 0. The number of aromatic nitrogens is 4. The summed E-state index contributed by atoms with van der Waals surface area (Å²) in [6.07, 6.45) is 7.57. The van der Waals surface area contributed by atoms with Crippen LogP contribution in [0.1, 0.15) is 85.4 Å². The van der Waals surface area contributed by atoms with Crippen LogP contribution in [0.5, 0.6) is 0 Å². The molecule has 0 unspecified atom stereocenters. The van der Waals surface area contributed by atoms with Crippen LogP contribution >= 0.6 is 0 Å². The van der Waals surface area contributed by atoms with Gasteiger partial charge in [-0.2, -0.15) is 0 Å². The van der Waals surface area contributed by atoms with Crippen molar-refractivity contribution < 1.29 is 30.0 Å². The Labute approximate surface area is 302 Å². The van der Waals surface area contributed by atoms with E-state index in [0.29, 0.717) is 0 Å². The van der Waals surface area contributed by atoms with Gasteiger partial charge in [0.25, 0.3) is 0 Å². The first-order valence-electron chi connectivity index (χ1n) is 17.5. The predicted molar refractivity (Wildman–Crippen MR) is 200 cm³/mol. The van der Waals surface area contributed by atoms with Gasteiger partial charge < -0.3 is 9.51 Å². The number of aliphatic hydroxyl groups is 1. The fourth-order valence-corrected chi connectivity index (χ4v) is 7.26. The van der Waals surface area contributed by atoms with Gasteiger partial charge in [-0.1, -0.05) is 89.6 Å². The van der Waals surface area contributed by atoms with E-state index in [9.17, 15) is 9.90 Å². The van der Waals surface area contributed by atoms with Gasteiger partial charge in [0.05, 0.1) is 16.8 Å². The Bertz CT molecular complexity index is 2310. The third-order valence-electron chi connectivity index (χ3n) is 9.75. The summed E-state index contributed by atoms with van der Waals surface area (Å²) in [6.45, 7) is 17.0. The number of fused-ring (bicyclic) bond motifs is 7. The fourth-order valence-electron chi connectivity index (χ4n) is 7.26. The van der Waals surface area contributed by atoms with E-state index in [4.69, 9.17) is 15.0 Å². The number of aliphatic hydroxyl groups excluding tert-OH is 1. The van der Waals surface area contributed by atoms with Crippen molar-refractivity contribution in [3.8, 4) is 0 Å². The number of para-hydroxylation sites is 1. The molecule has 0 aliphatic heterocycles. The first-order valence-corrected chi connectivity index (χ1v) is 17.5. The molecular weight excluding hydrogens is 785 g/mol. The van der Waals surface area contributed by atoms with E-state index in [0.717, 1.165) is 76.0 Å². The number of hydrogen-bond acceptors (Lipinski definition) is 5. The Balaban J connectivity index is 0.000000252. The number of rotatable bonds is 8. The first-order chi connectivity index (χ1) is 23.0. The number of ketones is 1. The van der Waals surface area contributed by atoms with E-state index in [1.807, 2.05) is 40.7 Å². The molecule has 0 bridgehead atoms. The first kappa shape index (κ1) is 36.4. The van der Waals surface area contributed by atoms with Gasteiger partial charge in [0, 0.05) is 70.9 Å². The molecule has 0 aliphatic carbocycles. The van der Waals surface area contributed by atoms with E-state index < -0.39 is 0 Å². The summed E-state index contributed by atoms with van der Waals surface area (Å²) >= 11 is 0. The summed E-state index contributed by atoms with van der Waals surface area (Å²) in [5.41, 5.74) is 8.91. The number of benzene rings is 3. The zero-order chi connectivity index (χ0) is 34.3. The van der Waals surface area contributed by atoms with Gasteiger partial charge >= 0.3 is 0 Å². The third kappa shape index (κ3) is 6.80. The maximum Gasteiger partial charge on any atom is 0.162 e. The Morgan fingerprint density at radius 3 is 2.27 bits per heavy atom. The topological polar surface area (TPSA) is 80.4 Å². The van der Waals surface area contributed by atoms with Crippen LogP contribution in [-0.2, 0) is 31.3 Å². The molecule has 1 radical (unpaired) electrons. The van der Waals surface area contributed by atoms with Gasteiger partial charge in [-0.3, -0.25) is 14.8 Å². The van der Waals surface area contributed by atoms with Crippen molar-refractivity contribution >= 4 is 65.8 Å². The molecule has 6 nitrogen and oxygen atoms in total. The molecular formula is C42H47IrN4O2-. The van der Waals surface area contributed by atoms with Gasteiger partial charge in [0.1, 0.15) is 6.33 Å². The molecule has 49 heavy (non-hydrogen) atoms. The Kier molecular flexibility index (Phi) is 10.8. The number of carbonyl (C=O) groups excluding carboxylic acids is 1. The Morgan fingerprint density at radius 1 is 0.898 bits per heavy atom. The molecule has 3 aromatic carbocycles. The molecule has 4 aromatic heterocycles. The summed E-state index contributed by atoms with van der Waals surface area (Å²) in [5, 5.41) is 15.5. The number of allylic oxidation sites excluding steroid dienone is 2. The average molecular weight is 832 g/mol. The van der Waals surface area contributed by atoms with Gasteiger partial charge in [0.15, 0.2) is 5.78 Å². The molecule has 0 spiro atoms. The van der Waals surface area contributed by atoms with Crippen molar-refractivity contribution in [2.75, 3.05) is 0 Å². The number of pyridine rings is 2. The van der Waals surface area contributed by atoms with Gasteiger partial charge in [-0.15, -0.1) is 12.1 Å². The molecule has 0 aliphatic rings. The average Bonchev–Trinajstić information content (AvgIpc) is 3.41. The Hall–Kier alpha value is -3.93. The van der Waals surface area contributed by atoms with Gasteiger partial charge in [-0.25, -0.2) is 4.98 Å². The van der Waals surface area contributed by atoms with Crippen LogP contribution in [0.2, 0.25) is 0 Å². The summed E-state index contributed by atoms with van der Waals surface area (Å²) in [5.74, 6) is 0.547. The van der Waals surface area contributed by atoms with E-state index in [2.05, 4.69) is 73.7 Å². The molecule has 1 N–H and O–H groups in total.